The molecule has 0 aromatic carbocycles. The predicted molar refractivity (Wildman–Crippen MR) is 25.4 cm³/mol. The zero-order valence-corrected chi connectivity index (χ0v) is 4.70. The van der Waals surface area contributed by atoms with Crippen molar-refractivity contribution in [3.05, 3.63) is 0 Å². The lowest BCUT2D eigenvalue weighted by Crippen LogP contribution is -2.06. The molecule has 0 radical (unpaired) electrons. The Hall–Kier alpha value is 0.370. The summed E-state index contributed by atoms with van der Waals surface area (Å²) in [6, 6.07) is -0.252. The highest BCUT2D eigenvalue weighted by Crippen LogP contribution is 2.44. The largest absolute Gasteiger partial charge is 0.324 e. The van der Waals surface area contributed by atoms with E-state index in [1.807, 2.05) is 0 Å². The van der Waals surface area contributed by atoms with E-state index in [-0.39, 0.29) is 6.04 Å². The number of hydrogen-bond acceptors (Lipinski definition) is 1. The molecule has 3 heteroatoms. The van der Waals surface area contributed by atoms with Gasteiger partial charge in [-0.2, -0.15) is 0 Å². The molecule has 0 aromatic rings. The Morgan fingerprint density at radius 1 is 2.00 bits per heavy atom. The maximum atomic E-state index is 12.0. The van der Waals surface area contributed by atoms with E-state index in [1.54, 1.807) is 0 Å². The molecule has 1 fully saturated rings. The standard InChI is InChI=1S/C3H5BrFN/c4-3(5)1-2(3)6/h2H,1,6H2. The Kier molecular flexibility index (Phi) is 0.720. The van der Waals surface area contributed by atoms with Crippen LogP contribution in [0.4, 0.5) is 4.39 Å². The van der Waals surface area contributed by atoms with Crippen molar-refractivity contribution in [3.8, 4) is 0 Å². The lowest BCUT2D eigenvalue weighted by Gasteiger charge is -1.84. The predicted octanol–water partition coefficient (Wildman–Crippen LogP) is 0.778. The summed E-state index contributed by atoms with van der Waals surface area (Å²) in [5.74, 6) is 0. The molecule has 0 amide bonds. The van der Waals surface area contributed by atoms with Crippen LogP contribution in [0.2, 0.25) is 0 Å². The zero-order chi connectivity index (χ0) is 4.78. The van der Waals surface area contributed by atoms with Crippen LogP contribution in [0.5, 0.6) is 0 Å². The summed E-state index contributed by atoms with van der Waals surface area (Å²) < 4.78 is 10.8. The molecule has 6 heavy (non-hydrogen) atoms. The smallest absolute Gasteiger partial charge is 0.181 e. The molecule has 36 valence electrons. The van der Waals surface area contributed by atoms with Crippen molar-refractivity contribution in [2.45, 2.75) is 17.0 Å². The average Bonchev–Trinajstić information content (AvgIpc) is 1.73. The Labute approximate surface area is 43.8 Å². The van der Waals surface area contributed by atoms with Gasteiger partial charge in [-0.3, -0.25) is 0 Å². The van der Waals surface area contributed by atoms with Gasteiger partial charge in [0.2, 0.25) is 0 Å². The average molecular weight is 154 g/mol. The number of hydrogen-bond donors (Lipinski definition) is 1. The fourth-order valence-corrected chi connectivity index (χ4v) is 0.583. The van der Waals surface area contributed by atoms with E-state index in [9.17, 15) is 4.39 Å². The molecule has 0 heterocycles. The van der Waals surface area contributed by atoms with Crippen molar-refractivity contribution >= 4 is 15.9 Å². The van der Waals surface area contributed by atoms with Crippen LogP contribution in [0.1, 0.15) is 6.42 Å². The van der Waals surface area contributed by atoms with E-state index in [0.29, 0.717) is 6.42 Å². The van der Waals surface area contributed by atoms with Crippen LogP contribution < -0.4 is 5.73 Å². The molecule has 1 nitrogen and oxygen atoms in total. The molecule has 2 unspecified atom stereocenters. The third kappa shape index (κ3) is 0.565. The molecule has 0 aliphatic heterocycles. The number of rotatable bonds is 0. The first-order valence-electron chi connectivity index (χ1n) is 1.76. The van der Waals surface area contributed by atoms with Crippen LogP contribution in [0.3, 0.4) is 0 Å². The second-order valence-corrected chi connectivity index (χ2v) is 2.89. The lowest BCUT2D eigenvalue weighted by molar-refractivity contribution is 0.435. The number of alkyl halides is 2. The van der Waals surface area contributed by atoms with Gasteiger partial charge < -0.3 is 5.73 Å². The number of nitrogens with two attached hydrogens (primary N) is 1. The molecule has 0 saturated heterocycles. The Bertz CT molecular complexity index is 73.2. The molecule has 1 rings (SSSR count). The van der Waals surface area contributed by atoms with E-state index in [2.05, 4.69) is 15.9 Å². The fourth-order valence-electron chi connectivity index (χ4n) is 0.234. The van der Waals surface area contributed by atoms with Crippen molar-refractivity contribution < 1.29 is 4.39 Å². The van der Waals surface area contributed by atoms with Crippen LogP contribution in [-0.4, -0.2) is 10.6 Å². The Balaban J connectivity index is 2.41. The molecule has 2 N–H and O–H groups in total. The molecular weight excluding hydrogens is 149 g/mol. The third-order valence-electron chi connectivity index (χ3n) is 0.874. The summed E-state index contributed by atoms with van der Waals surface area (Å²) in [4.78, 5) is 0. The maximum Gasteiger partial charge on any atom is 0.181 e. The second-order valence-electron chi connectivity index (χ2n) is 1.57. The van der Waals surface area contributed by atoms with Gasteiger partial charge in [-0.15, -0.1) is 0 Å². The minimum atomic E-state index is -1.20. The molecular formula is C3H5BrFN. The molecule has 1 aliphatic carbocycles. The monoisotopic (exact) mass is 153 g/mol. The van der Waals surface area contributed by atoms with Gasteiger partial charge in [0, 0.05) is 6.42 Å². The van der Waals surface area contributed by atoms with Gasteiger partial charge in [-0.05, 0) is 15.9 Å². The van der Waals surface area contributed by atoms with Crippen LogP contribution in [0, 0.1) is 0 Å². The van der Waals surface area contributed by atoms with Gasteiger partial charge in [0.25, 0.3) is 0 Å². The molecule has 0 aromatic heterocycles. The first-order chi connectivity index (χ1) is 2.63. The third-order valence-corrected chi connectivity index (χ3v) is 1.79. The molecule has 2 atom stereocenters. The van der Waals surface area contributed by atoms with Gasteiger partial charge >= 0.3 is 0 Å². The summed E-state index contributed by atoms with van der Waals surface area (Å²) in [7, 11) is 0. The van der Waals surface area contributed by atoms with E-state index in [4.69, 9.17) is 5.73 Å². The minimum absolute atomic E-state index is 0.252. The van der Waals surface area contributed by atoms with E-state index >= 15 is 0 Å². The SMILES string of the molecule is NC1CC1(F)Br. The second kappa shape index (κ2) is 0.954. The summed E-state index contributed by atoms with van der Waals surface area (Å²) in [6.45, 7) is 0. The summed E-state index contributed by atoms with van der Waals surface area (Å²) in [6.07, 6.45) is 0.465. The molecule has 0 bridgehead atoms. The van der Waals surface area contributed by atoms with Gasteiger partial charge in [0.05, 0.1) is 6.04 Å². The van der Waals surface area contributed by atoms with Crippen LogP contribution in [0.25, 0.3) is 0 Å². The normalized spacial score (nSPS) is 55.5. The number of halogens is 2. The van der Waals surface area contributed by atoms with E-state index in [0.717, 1.165) is 0 Å². The van der Waals surface area contributed by atoms with Crippen LogP contribution in [-0.2, 0) is 0 Å². The molecule has 1 aliphatic rings. The first-order valence-corrected chi connectivity index (χ1v) is 2.55. The van der Waals surface area contributed by atoms with Gasteiger partial charge in [0.1, 0.15) is 0 Å². The zero-order valence-electron chi connectivity index (χ0n) is 3.12. The highest BCUT2D eigenvalue weighted by atomic mass is 79.9. The Morgan fingerprint density at radius 2 is 2.17 bits per heavy atom. The Morgan fingerprint density at radius 3 is 2.17 bits per heavy atom. The van der Waals surface area contributed by atoms with Crippen molar-refractivity contribution in [1.29, 1.82) is 0 Å². The van der Waals surface area contributed by atoms with Crippen LogP contribution in [0.15, 0.2) is 0 Å². The maximum absolute atomic E-state index is 12.0. The van der Waals surface area contributed by atoms with Gasteiger partial charge in [-0.1, -0.05) is 0 Å². The van der Waals surface area contributed by atoms with Crippen LogP contribution >= 0.6 is 15.9 Å². The fraction of sp³-hybridized carbons (Fsp3) is 1.00. The first kappa shape index (κ1) is 4.53. The van der Waals surface area contributed by atoms with Crippen molar-refractivity contribution in [2.75, 3.05) is 0 Å². The van der Waals surface area contributed by atoms with Crippen molar-refractivity contribution in [1.82, 2.24) is 0 Å². The minimum Gasteiger partial charge on any atom is -0.324 e. The van der Waals surface area contributed by atoms with Gasteiger partial charge in [-0.25, -0.2) is 4.39 Å². The highest BCUT2D eigenvalue weighted by Gasteiger charge is 2.50. The lowest BCUT2D eigenvalue weighted by atomic mass is 10.8. The molecule has 1 saturated carbocycles. The van der Waals surface area contributed by atoms with E-state index < -0.39 is 4.58 Å². The van der Waals surface area contributed by atoms with Crippen molar-refractivity contribution in [3.63, 3.8) is 0 Å². The van der Waals surface area contributed by atoms with Gasteiger partial charge in [0.15, 0.2) is 4.58 Å². The molecule has 0 spiro atoms. The summed E-state index contributed by atoms with van der Waals surface area (Å²) >= 11 is 2.76. The topological polar surface area (TPSA) is 26.0 Å². The van der Waals surface area contributed by atoms with Crippen molar-refractivity contribution in [2.24, 2.45) is 5.73 Å². The quantitative estimate of drug-likeness (QED) is 0.512. The summed E-state index contributed by atoms with van der Waals surface area (Å²) in [5.41, 5.74) is 5.08. The van der Waals surface area contributed by atoms with E-state index in [1.165, 1.54) is 0 Å². The highest BCUT2D eigenvalue weighted by molar-refractivity contribution is 9.10. The summed E-state index contributed by atoms with van der Waals surface area (Å²) in [5, 5.41) is 0.